The van der Waals surface area contributed by atoms with Crippen LogP contribution < -0.4 is 11.2 Å². The van der Waals surface area contributed by atoms with E-state index in [1.54, 1.807) is 30.3 Å². The second kappa shape index (κ2) is 6.97. The van der Waals surface area contributed by atoms with Gasteiger partial charge in [0.25, 0.3) is 10.0 Å². The molecule has 4 N–H and O–H groups in total. The van der Waals surface area contributed by atoms with Crippen LogP contribution >= 0.6 is 0 Å². The molecular weight excluding hydrogens is 402 g/mol. The minimum atomic E-state index is -3.78. The Hall–Kier alpha value is -2.62. The third-order valence-electron chi connectivity index (χ3n) is 6.24. The molecule has 9 heteroatoms. The van der Waals surface area contributed by atoms with Crippen LogP contribution in [0.2, 0.25) is 0 Å². The highest BCUT2D eigenvalue weighted by Crippen LogP contribution is 2.38. The number of anilines is 2. The highest BCUT2D eigenvalue weighted by Gasteiger charge is 2.40. The number of hydrogen-bond acceptors (Lipinski definition) is 7. The molecule has 0 radical (unpaired) electrons. The van der Waals surface area contributed by atoms with E-state index in [1.165, 1.54) is 16.4 Å². The number of piperidine rings is 1. The van der Waals surface area contributed by atoms with Crippen LogP contribution in [0.4, 0.5) is 11.4 Å². The van der Waals surface area contributed by atoms with Crippen LogP contribution in [0.25, 0.3) is 11.0 Å². The van der Waals surface area contributed by atoms with Gasteiger partial charge in [0.1, 0.15) is 0 Å². The van der Waals surface area contributed by atoms with E-state index in [2.05, 4.69) is 15.4 Å². The number of aliphatic hydroxyl groups excluding tert-OH is 1. The number of pyridine rings is 1. The van der Waals surface area contributed by atoms with Crippen LogP contribution in [0.3, 0.4) is 0 Å². The van der Waals surface area contributed by atoms with E-state index in [1.807, 2.05) is 6.92 Å². The fraction of sp³-hybridized carbons (Fsp3) is 0.381. The molecule has 30 heavy (non-hydrogen) atoms. The largest absolute Gasteiger partial charge is 0.396 e. The van der Waals surface area contributed by atoms with Crippen molar-refractivity contribution < 1.29 is 13.5 Å². The van der Waals surface area contributed by atoms with Gasteiger partial charge in [0.05, 0.1) is 28.6 Å². The standard InChI is InChI=1S/C21H25N5O3S/c1-13-2-6-17(7-3-13)30(28,29)25-9-8-18-20(19(22)12-23-21(18)25)24-26-14-4-5-15(26)11-16(27)10-14/h2-3,6-9,12,14-16,27H,4-5,10-11,22H2,1H3,(H,23,24). The molecular formula is C21H25N5O3S. The second-order valence-electron chi connectivity index (χ2n) is 8.28. The number of rotatable bonds is 4. The average Bonchev–Trinajstić information content (AvgIpc) is 3.24. The predicted octanol–water partition coefficient (Wildman–Crippen LogP) is 2.48. The van der Waals surface area contributed by atoms with Gasteiger partial charge in [0.15, 0.2) is 5.65 Å². The van der Waals surface area contributed by atoms with Gasteiger partial charge in [-0.25, -0.2) is 22.4 Å². The topological polar surface area (TPSA) is 113 Å². The van der Waals surface area contributed by atoms with Crippen LogP contribution in [0.1, 0.15) is 31.2 Å². The Kier molecular flexibility index (Phi) is 4.49. The minimum absolute atomic E-state index is 0.210. The summed E-state index contributed by atoms with van der Waals surface area (Å²) in [5, 5.41) is 12.9. The highest BCUT2D eigenvalue weighted by atomic mass is 32.2. The van der Waals surface area contributed by atoms with Gasteiger partial charge in [0.2, 0.25) is 0 Å². The number of hydrogen-bond donors (Lipinski definition) is 3. The molecule has 8 nitrogen and oxygen atoms in total. The van der Waals surface area contributed by atoms with E-state index in [4.69, 9.17) is 5.73 Å². The summed E-state index contributed by atoms with van der Waals surface area (Å²) in [4.78, 5) is 4.54. The molecule has 0 aliphatic carbocycles. The lowest BCUT2D eigenvalue weighted by Crippen LogP contribution is -2.47. The first-order chi connectivity index (χ1) is 14.3. The van der Waals surface area contributed by atoms with Crippen molar-refractivity contribution in [2.24, 2.45) is 0 Å². The first-order valence-electron chi connectivity index (χ1n) is 10.2. The summed E-state index contributed by atoms with van der Waals surface area (Å²) in [7, 11) is -3.78. The number of aryl methyl sites for hydroxylation is 1. The molecule has 3 aromatic rings. The summed E-state index contributed by atoms with van der Waals surface area (Å²) in [6.07, 6.45) is 6.23. The second-order valence-corrected chi connectivity index (χ2v) is 10.1. The van der Waals surface area contributed by atoms with Gasteiger partial charge in [-0.15, -0.1) is 0 Å². The van der Waals surface area contributed by atoms with Crippen LogP contribution in [0, 0.1) is 6.92 Å². The molecule has 2 unspecified atom stereocenters. The first-order valence-corrected chi connectivity index (χ1v) is 11.6. The fourth-order valence-electron chi connectivity index (χ4n) is 4.68. The number of nitrogens with zero attached hydrogens (tertiary/aromatic N) is 3. The van der Waals surface area contributed by atoms with Crippen molar-refractivity contribution in [3.05, 3.63) is 48.3 Å². The van der Waals surface area contributed by atoms with E-state index < -0.39 is 10.0 Å². The van der Waals surface area contributed by atoms with Crippen molar-refractivity contribution in [2.45, 2.75) is 55.7 Å². The van der Waals surface area contributed by atoms with Crippen molar-refractivity contribution in [1.29, 1.82) is 0 Å². The molecule has 4 heterocycles. The van der Waals surface area contributed by atoms with Gasteiger partial charge in [-0.05, 0) is 50.8 Å². The molecule has 5 rings (SSSR count). The Morgan fingerprint density at radius 3 is 2.47 bits per heavy atom. The van der Waals surface area contributed by atoms with Crippen LogP contribution in [0.5, 0.6) is 0 Å². The smallest absolute Gasteiger partial charge is 0.269 e. The Morgan fingerprint density at radius 2 is 1.80 bits per heavy atom. The SMILES string of the molecule is Cc1ccc(S(=O)(=O)n2ccc3c(NN4C5CCC4CC(O)C5)c(N)cnc32)cc1. The molecule has 2 bridgehead atoms. The van der Waals surface area contributed by atoms with E-state index in [0.29, 0.717) is 22.4 Å². The Bertz CT molecular complexity index is 1190. The zero-order valence-electron chi connectivity index (χ0n) is 16.7. The van der Waals surface area contributed by atoms with E-state index >= 15 is 0 Å². The molecule has 1 aromatic carbocycles. The number of aromatic nitrogens is 2. The lowest BCUT2D eigenvalue weighted by atomic mass is 10.0. The van der Waals surface area contributed by atoms with Gasteiger partial charge in [-0.3, -0.25) is 0 Å². The van der Waals surface area contributed by atoms with Crippen molar-refractivity contribution >= 4 is 32.4 Å². The third kappa shape index (κ3) is 3.05. The average molecular weight is 428 g/mol. The maximum Gasteiger partial charge on any atom is 0.269 e. The van der Waals surface area contributed by atoms with Crippen LogP contribution in [-0.2, 0) is 10.0 Å². The van der Waals surface area contributed by atoms with Gasteiger partial charge in [0, 0.05) is 23.7 Å². The summed E-state index contributed by atoms with van der Waals surface area (Å²) in [6, 6.07) is 8.95. The maximum atomic E-state index is 13.2. The highest BCUT2D eigenvalue weighted by molar-refractivity contribution is 7.90. The molecule has 0 amide bonds. The molecule has 0 saturated carbocycles. The monoisotopic (exact) mass is 427 g/mol. The third-order valence-corrected chi connectivity index (χ3v) is 7.92. The van der Waals surface area contributed by atoms with Crippen molar-refractivity contribution in [3.63, 3.8) is 0 Å². The zero-order valence-corrected chi connectivity index (χ0v) is 17.5. The number of hydrazine groups is 1. The summed E-state index contributed by atoms with van der Waals surface area (Å²) in [6.45, 7) is 1.91. The lowest BCUT2D eigenvalue weighted by Gasteiger charge is -2.38. The number of nitrogen functional groups attached to an aromatic ring is 1. The minimum Gasteiger partial charge on any atom is -0.396 e. The van der Waals surface area contributed by atoms with Crippen molar-refractivity contribution in [1.82, 2.24) is 14.0 Å². The number of nitrogens with two attached hydrogens (primary N) is 1. The summed E-state index contributed by atoms with van der Waals surface area (Å²) >= 11 is 0. The van der Waals surface area contributed by atoms with Crippen LogP contribution in [0.15, 0.2) is 47.6 Å². The van der Waals surface area contributed by atoms with Crippen molar-refractivity contribution in [3.8, 4) is 0 Å². The van der Waals surface area contributed by atoms with E-state index in [9.17, 15) is 13.5 Å². The molecule has 2 fully saturated rings. The quantitative estimate of drug-likeness (QED) is 0.586. The molecule has 2 aromatic heterocycles. The van der Waals surface area contributed by atoms with Gasteiger partial charge in [-0.1, -0.05) is 17.7 Å². The maximum absolute atomic E-state index is 13.2. The number of fused-ring (bicyclic) bond motifs is 3. The number of aliphatic hydroxyl groups is 1. The number of benzene rings is 1. The normalized spacial score (nSPS) is 24.4. The first kappa shape index (κ1) is 19.3. The molecule has 0 spiro atoms. The molecule has 2 atom stereocenters. The molecule has 2 aliphatic heterocycles. The Labute approximate surface area is 175 Å². The lowest BCUT2D eigenvalue weighted by molar-refractivity contribution is 0.0497. The Balaban J connectivity index is 1.55. The van der Waals surface area contributed by atoms with Gasteiger partial charge >= 0.3 is 0 Å². The fourth-order valence-corrected chi connectivity index (χ4v) is 5.98. The summed E-state index contributed by atoms with van der Waals surface area (Å²) in [5.41, 5.74) is 12.1. The zero-order chi connectivity index (χ0) is 21.0. The molecule has 2 aliphatic rings. The van der Waals surface area contributed by atoms with Gasteiger partial charge < -0.3 is 16.3 Å². The molecule has 158 valence electrons. The van der Waals surface area contributed by atoms with E-state index in [0.717, 1.165) is 31.2 Å². The summed E-state index contributed by atoms with van der Waals surface area (Å²) in [5.74, 6) is 0. The Morgan fingerprint density at radius 1 is 1.13 bits per heavy atom. The van der Waals surface area contributed by atoms with Gasteiger partial charge in [-0.2, -0.15) is 0 Å². The van der Waals surface area contributed by atoms with Crippen LogP contribution in [-0.4, -0.2) is 45.7 Å². The van der Waals surface area contributed by atoms with E-state index in [-0.39, 0.29) is 23.1 Å². The number of nitrogens with one attached hydrogen (secondary N) is 1. The summed E-state index contributed by atoms with van der Waals surface area (Å²) < 4.78 is 27.6. The predicted molar refractivity (Wildman–Crippen MR) is 115 cm³/mol. The molecule has 2 saturated heterocycles. The van der Waals surface area contributed by atoms with Crippen molar-refractivity contribution in [2.75, 3.05) is 11.2 Å².